The Bertz CT molecular complexity index is 688. The first-order valence-electron chi connectivity index (χ1n) is 8.27. The number of aliphatic hydroxyl groups excluding tert-OH is 1. The Balaban J connectivity index is 1.68. The van der Waals surface area contributed by atoms with Gasteiger partial charge in [-0.3, -0.25) is 0 Å². The van der Waals surface area contributed by atoms with Crippen LogP contribution in [0.15, 0.2) is 54.6 Å². The quantitative estimate of drug-likeness (QED) is 0.655. The Labute approximate surface area is 150 Å². The average Bonchev–Trinajstić information content (AvgIpc) is 2.63. The molecule has 4 nitrogen and oxygen atoms in total. The van der Waals surface area contributed by atoms with E-state index in [1.165, 1.54) is 17.7 Å². The van der Waals surface area contributed by atoms with Gasteiger partial charge in [0, 0.05) is 13.1 Å². The summed E-state index contributed by atoms with van der Waals surface area (Å²) < 4.78 is 37.5. The van der Waals surface area contributed by atoms with Crippen LogP contribution in [0, 0.1) is 0 Å². The lowest BCUT2D eigenvalue weighted by molar-refractivity contribution is -0.137. The molecule has 1 atom stereocenters. The standard InChI is InChI=1S/C19H21F3N2O2/c20-19(21,22)16-10-8-15(9-11-16)17(25)13-24-18(26)23-12-4-7-14-5-2-1-3-6-14/h1-3,5-6,8-11,17,25H,4,7,12-13H2,(H2,23,24,26)/t17-/m1/s1. The van der Waals surface area contributed by atoms with Gasteiger partial charge in [-0.1, -0.05) is 42.5 Å². The maximum atomic E-state index is 12.5. The summed E-state index contributed by atoms with van der Waals surface area (Å²) in [7, 11) is 0. The van der Waals surface area contributed by atoms with Crippen molar-refractivity contribution in [3.63, 3.8) is 0 Å². The fraction of sp³-hybridized carbons (Fsp3) is 0.316. The molecule has 0 bridgehead atoms. The molecule has 3 N–H and O–H groups in total. The summed E-state index contributed by atoms with van der Waals surface area (Å²) in [4.78, 5) is 11.7. The third-order valence-electron chi connectivity index (χ3n) is 3.85. The van der Waals surface area contributed by atoms with Crippen LogP contribution in [0.25, 0.3) is 0 Å². The van der Waals surface area contributed by atoms with Gasteiger partial charge in [0.05, 0.1) is 11.7 Å². The van der Waals surface area contributed by atoms with Crippen molar-refractivity contribution in [2.24, 2.45) is 0 Å². The van der Waals surface area contributed by atoms with E-state index in [1.807, 2.05) is 30.3 Å². The lowest BCUT2D eigenvalue weighted by atomic mass is 10.1. The summed E-state index contributed by atoms with van der Waals surface area (Å²) in [5.41, 5.74) is 0.715. The van der Waals surface area contributed by atoms with Crippen molar-refractivity contribution in [3.8, 4) is 0 Å². The molecule has 0 aliphatic rings. The predicted molar refractivity (Wildman–Crippen MR) is 92.6 cm³/mol. The molecule has 2 aromatic rings. The second-order valence-electron chi connectivity index (χ2n) is 5.86. The van der Waals surface area contributed by atoms with Crippen LogP contribution in [0.2, 0.25) is 0 Å². The van der Waals surface area contributed by atoms with Crippen molar-refractivity contribution < 1.29 is 23.1 Å². The van der Waals surface area contributed by atoms with Gasteiger partial charge in [0.2, 0.25) is 0 Å². The normalized spacial score (nSPS) is 12.5. The van der Waals surface area contributed by atoms with Gasteiger partial charge in [-0.15, -0.1) is 0 Å². The number of aliphatic hydroxyl groups is 1. The van der Waals surface area contributed by atoms with Crippen LogP contribution in [0.1, 0.15) is 29.2 Å². The van der Waals surface area contributed by atoms with Gasteiger partial charge in [0.25, 0.3) is 0 Å². The Morgan fingerprint density at radius 2 is 1.65 bits per heavy atom. The fourth-order valence-electron chi connectivity index (χ4n) is 2.40. The zero-order chi connectivity index (χ0) is 19.0. The summed E-state index contributed by atoms with van der Waals surface area (Å²) in [5.74, 6) is 0. The van der Waals surface area contributed by atoms with Gasteiger partial charge < -0.3 is 15.7 Å². The number of urea groups is 1. The number of alkyl halides is 3. The Hall–Kier alpha value is -2.54. The van der Waals surface area contributed by atoms with Crippen LogP contribution in [0.4, 0.5) is 18.0 Å². The number of hydrogen-bond donors (Lipinski definition) is 3. The summed E-state index contributed by atoms with van der Waals surface area (Å²) in [6.07, 6.45) is -3.87. The molecule has 0 heterocycles. The lowest BCUT2D eigenvalue weighted by Crippen LogP contribution is -2.38. The SMILES string of the molecule is O=C(NCCCc1ccccc1)NC[C@@H](O)c1ccc(C(F)(F)F)cc1. The van der Waals surface area contributed by atoms with Crippen molar-refractivity contribution in [2.45, 2.75) is 25.1 Å². The maximum absolute atomic E-state index is 12.5. The molecule has 0 aliphatic carbocycles. The molecular weight excluding hydrogens is 345 g/mol. The summed E-state index contributed by atoms with van der Waals surface area (Å²) in [5, 5.41) is 15.1. The van der Waals surface area contributed by atoms with Gasteiger partial charge >= 0.3 is 12.2 Å². The van der Waals surface area contributed by atoms with Crippen LogP contribution >= 0.6 is 0 Å². The summed E-state index contributed by atoms with van der Waals surface area (Å²) in [6, 6.07) is 13.7. The van der Waals surface area contributed by atoms with E-state index in [0.29, 0.717) is 12.1 Å². The van der Waals surface area contributed by atoms with Crippen molar-refractivity contribution >= 4 is 6.03 Å². The molecule has 0 unspecified atom stereocenters. The number of benzene rings is 2. The largest absolute Gasteiger partial charge is 0.416 e. The molecule has 7 heteroatoms. The predicted octanol–water partition coefficient (Wildman–Crippen LogP) is 3.67. The highest BCUT2D eigenvalue weighted by molar-refractivity contribution is 5.73. The first kappa shape index (κ1) is 19.8. The van der Waals surface area contributed by atoms with E-state index in [-0.39, 0.29) is 6.54 Å². The topological polar surface area (TPSA) is 61.4 Å². The zero-order valence-electron chi connectivity index (χ0n) is 14.1. The fourth-order valence-corrected chi connectivity index (χ4v) is 2.40. The van der Waals surface area contributed by atoms with E-state index in [4.69, 9.17) is 0 Å². The third kappa shape index (κ3) is 6.40. The molecule has 2 amide bonds. The van der Waals surface area contributed by atoms with Gasteiger partial charge in [0.1, 0.15) is 0 Å². The van der Waals surface area contributed by atoms with E-state index in [0.717, 1.165) is 25.0 Å². The first-order chi connectivity index (χ1) is 12.4. The molecule has 0 aromatic heterocycles. The number of amides is 2. The molecule has 0 saturated carbocycles. The molecular formula is C19H21F3N2O2. The molecule has 0 aliphatic heterocycles. The number of hydrogen-bond acceptors (Lipinski definition) is 2. The van der Waals surface area contributed by atoms with Crippen molar-refractivity contribution in [3.05, 3.63) is 71.3 Å². The molecule has 2 aromatic carbocycles. The van der Waals surface area contributed by atoms with Crippen molar-refractivity contribution in [1.29, 1.82) is 0 Å². The number of nitrogens with one attached hydrogen (secondary N) is 2. The van der Waals surface area contributed by atoms with Gasteiger partial charge in [-0.25, -0.2) is 4.79 Å². The average molecular weight is 366 g/mol. The van der Waals surface area contributed by atoms with Crippen molar-refractivity contribution in [2.75, 3.05) is 13.1 Å². The number of rotatable bonds is 7. The number of halogens is 3. The second kappa shape index (κ2) is 9.24. The van der Waals surface area contributed by atoms with Crippen LogP contribution in [-0.4, -0.2) is 24.2 Å². The Morgan fingerprint density at radius 3 is 2.27 bits per heavy atom. The van der Waals surface area contributed by atoms with E-state index < -0.39 is 23.9 Å². The molecule has 0 spiro atoms. The summed E-state index contributed by atoms with van der Waals surface area (Å²) in [6.45, 7) is 0.396. The smallest absolute Gasteiger partial charge is 0.387 e. The highest BCUT2D eigenvalue weighted by atomic mass is 19.4. The van der Waals surface area contributed by atoms with E-state index >= 15 is 0 Å². The van der Waals surface area contributed by atoms with Crippen LogP contribution < -0.4 is 10.6 Å². The Morgan fingerprint density at radius 1 is 1.00 bits per heavy atom. The maximum Gasteiger partial charge on any atom is 0.416 e. The molecule has 2 rings (SSSR count). The van der Waals surface area contributed by atoms with Crippen LogP contribution in [0.3, 0.4) is 0 Å². The minimum Gasteiger partial charge on any atom is -0.387 e. The highest BCUT2D eigenvalue weighted by Gasteiger charge is 2.30. The number of carbonyl (C=O) groups excluding carboxylic acids is 1. The summed E-state index contributed by atoms with van der Waals surface area (Å²) >= 11 is 0. The second-order valence-corrected chi connectivity index (χ2v) is 5.86. The van der Waals surface area contributed by atoms with E-state index in [2.05, 4.69) is 10.6 Å². The lowest BCUT2D eigenvalue weighted by Gasteiger charge is -2.14. The Kier molecular flexibility index (Phi) is 7.03. The van der Waals surface area contributed by atoms with Gasteiger partial charge in [-0.2, -0.15) is 13.2 Å². The van der Waals surface area contributed by atoms with Crippen LogP contribution in [-0.2, 0) is 12.6 Å². The van der Waals surface area contributed by atoms with Gasteiger partial charge in [-0.05, 0) is 36.1 Å². The van der Waals surface area contributed by atoms with Crippen LogP contribution in [0.5, 0.6) is 0 Å². The monoisotopic (exact) mass is 366 g/mol. The molecule has 26 heavy (non-hydrogen) atoms. The van der Waals surface area contributed by atoms with Gasteiger partial charge in [0.15, 0.2) is 0 Å². The molecule has 0 radical (unpaired) electrons. The van der Waals surface area contributed by atoms with E-state index in [1.54, 1.807) is 0 Å². The number of carbonyl (C=O) groups is 1. The van der Waals surface area contributed by atoms with E-state index in [9.17, 15) is 23.1 Å². The number of aryl methyl sites for hydroxylation is 1. The molecule has 140 valence electrons. The minimum absolute atomic E-state index is 0.0874. The third-order valence-corrected chi connectivity index (χ3v) is 3.85. The minimum atomic E-state index is -4.42. The molecule has 0 fully saturated rings. The first-order valence-corrected chi connectivity index (χ1v) is 8.27. The van der Waals surface area contributed by atoms with Crippen molar-refractivity contribution in [1.82, 2.24) is 10.6 Å². The zero-order valence-corrected chi connectivity index (χ0v) is 14.1. The highest BCUT2D eigenvalue weighted by Crippen LogP contribution is 2.29. The molecule has 0 saturated heterocycles.